The zero-order chi connectivity index (χ0) is 16.5. The predicted octanol–water partition coefficient (Wildman–Crippen LogP) is 2.52. The number of ether oxygens (including phenoxy) is 1. The summed E-state index contributed by atoms with van der Waals surface area (Å²) in [6.07, 6.45) is 4.12. The Morgan fingerprint density at radius 2 is 1.86 bits per heavy atom. The highest BCUT2D eigenvalue weighted by atomic mass is 32.2. The molecule has 0 unspecified atom stereocenters. The molecule has 122 valence electrons. The van der Waals surface area contributed by atoms with Gasteiger partial charge >= 0.3 is 5.97 Å². The van der Waals surface area contributed by atoms with E-state index in [0.717, 1.165) is 31.6 Å². The third-order valence-electron chi connectivity index (χ3n) is 4.27. The average Bonchev–Trinajstić information content (AvgIpc) is 2.45. The van der Waals surface area contributed by atoms with E-state index in [1.54, 1.807) is 0 Å². The molecule has 0 amide bonds. The number of halogens is 1. The van der Waals surface area contributed by atoms with Gasteiger partial charge < -0.3 is 9.84 Å². The van der Waals surface area contributed by atoms with Crippen molar-refractivity contribution in [1.29, 1.82) is 0 Å². The summed E-state index contributed by atoms with van der Waals surface area (Å²) in [5, 5.41) is 9.64. The molecule has 0 aromatic heterocycles. The Balaban J connectivity index is 2.66. The maximum absolute atomic E-state index is 14.3. The molecule has 1 fully saturated rings. The molecule has 1 aromatic rings. The molecule has 0 spiro atoms. The lowest BCUT2D eigenvalue weighted by Gasteiger charge is -2.34. The third-order valence-corrected chi connectivity index (χ3v) is 5.41. The maximum Gasteiger partial charge on any atom is 0.314 e. The van der Waals surface area contributed by atoms with Crippen molar-refractivity contribution in [2.24, 2.45) is 0 Å². The summed E-state index contributed by atoms with van der Waals surface area (Å²) in [6, 6.07) is 2.37. The molecule has 5 nitrogen and oxygen atoms in total. The number of carboxylic acid groups (broad SMARTS) is 1. The van der Waals surface area contributed by atoms with E-state index < -0.39 is 31.9 Å². The SMILES string of the molecule is COc1cc(C2(C(=O)O)CCCCC2)cc(F)c1S(C)(=O)=O. The second kappa shape index (κ2) is 5.87. The number of benzene rings is 1. The zero-order valence-electron chi connectivity index (χ0n) is 12.6. The summed E-state index contributed by atoms with van der Waals surface area (Å²) in [7, 11) is -2.57. The quantitative estimate of drug-likeness (QED) is 0.917. The van der Waals surface area contributed by atoms with Crippen molar-refractivity contribution in [2.45, 2.75) is 42.4 Å². The van der Waals surface area contributed by atoms with Crippen molar-refractivity contribution in [3.8, 4) is 5.75 Å². The number of rotatable bonds is 4. The van der Waals surface area contributed by atoms with Crippen LogP contribution in [0.15, 0.2) is 17.0 Å². The summed E-state index contributed by atoms with van der Waals surface area (Å²) in [5.41, 5.74) is -0.913. The second-order valence-corrected chi connectivity index (χ2v) is 7.66. The molecule has 0 radical (unpaired) electrons. The monoisotopic (exact) mass is 330 g/mol. The number of methoxy groups -OCH3 is 1. The Hall–Kier alpha value is -1.63. The van der Waals surface area contributed by atoms with Gasteiger partial charge in [-0.25, -0.2) is 12.8 Å². The second-order valence-electron chi connectivity index (χ2n) is 5.71. The fraction of sp³-hybridized carbons (Fsp3) is 0.533. The Morgan fingerprint density at radius 3 is 2.32 bits per heavy atom. The van der Waals surface area contributed by atoms with Crippen LogP contribution in [0.25, 0.3) is 0 Å². The molecular formula is C15H19FO5S. The van der Waals surface area contributed by atoms with Gasteiger partial charge in [-0.05, 0) is 30.5 Å². The minimum absolute atomic E-state index is 0.149. The maximum atomic E-state index is 14.3. The molecule has 1 aliphatic rings. The Morgan fingerprint density at radius 1 is 1.27 bits per heavy atom. The predicted molar refractivity (Wildman–Crippen MR) is 78.5 cm³/mol. The van der Waals surface area contributed by atoms with Gasteiger partial charge in [0.05, 0.1) is 12.5 Å². The van der Waals surface area contributed by atoms with Gasteiger partial charge in [-0.1, -0.05) is 19.3 Å². The molecule has 22 heavy (non-hydrogen) atoms. The minimum Gasteiger partial charge on any atom is -0.495 e. The molecule has 1 aromatic carbocycles. The van der Waals surface area contributed by atoms with Crippen molar-refractivity contribution in [2.75, 3.05) is 13.4 Å². The van der Waals surface area contributed by atoms with Gasteiger partial charge in [0.1, 0.15) is 16.5 Å². The zero-order valence-corrected chi connectivity index (χ0v) is 13.4. The first kappa shape index (κ1) is 16.7. The summed E-state index contributed by atoms with van der Waals surface area (Å²) >= 11 is 0. The molecule has 0 atom stereocenters. The van der Waals surface area contributed by atoms with E-state index in [1.807, 2.05) is 0 Å². The van der Waals surface area contributed by atoms with Crippen molar-refractivity contribution in [3.05, 3.63) is 23.5 Å². The highest BCUT2D eigenvalue weighted by Crippen LogP contribution is 2.42. The van der Waals surface area contributed by atoms with E-state index in [9.17, 15) is 22.7 Å². The fourth-order valence-electron chi connectivity index (χ4n) is 3.14. The summed E-state index contributed by atoms with van der Waals surface area (Å²) < 4.78 is 42.7. The Labute approximate surface area is 129 Å². The number of carbonyl (C=O) groups is 1. The third kappa shape index (κ3) is 2.82. The molecule has 2 rings (SSSR count). The van der Waals surface area contributed by atoms with Gasteiger partial charge in [-0.15, -0.1) is 0 Å². The van der Waals surface area contributed by atoms with Crippen molar-refractivity contribution >= 4 is 15.8 Å². The molecule has 7 heteroatoms. The van der Waals surface area contributed by atoms with E-state index in [2.05, 4.69) is 0 Å². The van der Waals surface area contributed by atoms with Gasteiger partial charge in [0.25, 0.3) is 0 Å². The number of hydrogen-bond acceptors (Lipinski definition) is 4. The Kier molecular flexibility index (Phi) is 4.47. The van der Waals surface area contributed by atoms with Crippen molar-refractivity contribution in [3.63, 3.8) is 0 Å². The summed E-state index contributed by atoms with van der Waals surface area (Å²) in [6.45, 7) is 0. The highest BCUT2D eigenvalue weighted by Gasteiger charge is 2.42. The molecule has 0 saturated heterocycles. The summed E-state index contributed by atoms with van der Waals surface area (Å²) in [4.78, 5) is 11.3. The number of carboxylic acids is 1. The van der Waals surface area contributed by atoms with Crippen LogP contribution in [0, 0.1) is 5.82 Å². The lowest BCUT2D eigenvalue weighted by Crippen LogP contribution is -2.38. The van der Waals surface area contributed by atoms with E-state index in [4.69, 9.17) is 4.74 Å². The van der Waals surface area contributed by atoms with Gasteiger partial charge in [0.2, 0.25) is 0 Å². The van der Waals surface area contributed by atoms with E-state index in [0.29, 0.717) is 12.8 Å². The summed E-state index contributed by atoms with van der Waals surface area (Å²) in [5.74, 6) is -2.13. The van der Waals surface area contributed by atoms with Crippen molar-refractivity contribution in [1.82, 2.24) is 0 Å². The van der Waals surface area contributed by atoms with Crippen LogP contribution < -0.4 is 4.74 Å². The minimum atomic E-state index is -3.81. The van der Waals surface area contributed by atoms with Crippen LogP contribution >= 0.6 is 0 Å². The van der Waals surface area contributed by atoms with Crippen LogP contribution in [-0.4, -0.2) is 32.9 Å². The van der Waals surface area contributed by atoms with Crippen LogP contribution in [0.1, 0.15) is 37.7 Å². The van der Waals surface area contributed by atoms with Crippen LogP contribution in [0.5, 0.6) is 5.75 Å². The van der Waals surface area contributed by atoms with Crippen LogP contribution in [0.3, 0.4) is 0 Å². The van der Waals surface area contributed by atoms with Gasteiger partial charge in [-0.2, -0.15) is 0 Å². The standard InChI is InChI=1S/C15H19FO5S/c1-21-12-9-10(8-11(16)13(12)22(2,19)20)15(14(17)18)6-4-3-5-7-15/h8-9H,3-7H2,1-2H3,(H,17,18). The average molecular weight is 330 g/mol. The molecule has 1 N–H and O–H groups in total. The number of hydrogen-bond donors (Lipinski definition) is 1. The van der Waals surface area contributed by atoms with Crippen LogP contribution in [0.4, 0.5) is 4.39 Å². The first-order valence-electron chi connectivity index (χ1n) is 7.04. The van der Waals surface area contributed by atoms with E-state index in [-0.39, 0.29) is 11.3 Å². The van der Waals surface area contributed by atoms with E-state index in [1.165, 1.54) is 13.2 Å². The van der Waals surface area contributed by atoms with Gasteiger partial charge in [0, 0.05) is 6.26 Å². The lowest BCUT2D eigenvalue weighted by atomic mass is 9.69. The fourth-order valence-corrected chi connectivity index (χ4v) is 4.06. The normalized spacial score (nSPS) is 18.0. The number of sulfone groups is 1. The molecule has 1 aliphatic carbocycles. The van der Waals surface area contributed by atoms with Gasteiger partial charge in [0.15, 0.2) is 9.84 Å². The first-order chi connectivity index (χ1) is 10.2. The molecular weight excluding hydrogens is 311 g/mol. The molecule has 0 heterocycles. The highest BCUT2D eigenvalue weighted by molar-refractivity contribution is 7.90. The number of aliphatic carboxylic acids is 1. The largest absolute Gasteiger partial charge is 0.495 e. The van der Waals surface area contributed by atoms with Crippen molar-refractivity contribution < 1.29 is 27.4 Å². The topological polar surface area (TPSA) is 80.7 Å². The van der Waals surface area contributed by atoms with E-state index >= 15 is 0 Å². The Bertz CT molecular complexity index is 690. The molecule has 0 bridgehead atoms. The molecule has 0 aliphatic heterocycles. The molecule has 1 saturated carbocycles. The lowest BCUT2D eigenvalue weighted by molar-refractivity contribution is -0.145. The smallest absolute Gasteiger partial charge is 0.314 e. The van der Waals surface area contributed by atoms with Crippen LogP contribution in [-0.2, 0) is 20.0 Å². The van der Waals surface area contributed by atoms with Crippen LogP contribution in [0.2, 0.25) is 0 Å². The first-order valence-corrected chi connectivity index (χ1v) is 8.93. The van der Waals surface area contributed by atoms with Gasteiger partial charge in [-0.3, -0.25) is 4.79 Å².